The van der Waals surface area contributed by atoms with Crippen LogP contribution in [0.25, 0.3) is 0 Å². The van der Waals surface area contributed by atoms with E-state index in [4.69, 9.17) is 4.74 Å². The topological polar surface area (TPSA) is 44.8 Å². The largest absolute Gasteiger partial charge is 0.416 e. The van der Waals surface area contributed by atoms with Crippen molar-refractivity contribution in [1.82, 2.24) is 15.1 Å². The molecule has 1 aliphatic rings. The van der Waals surface area contributed by atoms with E-state index in [1.807, 2.05) is 25.9 Å². The summed E-state index contributed by atoms with van der Waals surface area (Å²) in [6.45, 7) is 3.74. The number of nitrogens with zero attached hydrogens (tertiary/aromatic N) is 2. The first-order valence-electron chi connectivity index (χ1n) is 12.5. The fraction of sp³-hybridized carbons (Fsp3) is 0.519. The minimum Gasteiger partial charge on any atom is -0.360 e. The predicted octanol–water partition coefficient (Wildman–Crippen LogP) is 6.98. The molecule has 1 heterocycles. The fourth-order valence-electron chi connectivity index (χ4n) is 4.59. The number of amides is 2. The van der Waals surface area contributed by atoms with E-state index in [0.29, 0.717) is 37.1 Å². The van der Waals surface area contributed by atoms with Gasteiger partial charge in [-0.2, -0.15) is 26.3 Å². The minimum atomic E-state index is -4.95. The zero-order valence-corrected chi connectivity index (χ0v) is 23.3. The Morgan fingerprint density at radius 1 is 1.07 bits per heavy atom. The van der Waals surface area contributed by atoms with Crippen molar-refractivity contribution in [3.8, 4) is 0 Å². The van der Waals surface area contributed by atoms with Crippen LogP contribution in [0.2, 0.25) is 0 Å². The highest BCUT2D eigenvalue weighted by molar-refractivity contribution is 5.85. The molecule has 224 valence electrons. The third-order valence-corrected chi connectivity index (χ3v) is 6.86. The number of urea groups is 1. The van der Waals surface area contributed by atoms with Crippen LogP contribution in [0.5, 0.6) is 0 Å². The molecule has 2 aromatic rings. The van der Waals surface area contributed by atoms with Gasteiger partial charge in [0.25, 0.3) is 0 Å². The molecule has 3 atom stereocenters. The number of hydrogen-bond donors (Lipinski definition) is 1. The lowest BCUT2D eigenvalue weighted by molar-refractivity contribution is -0.143. The number of carbonyl (C=O) groups is 1. The highest BCUT2D eigenvalue weighted by Gasteiger charge is 2.37. The van der Waals surface area contributed by atoms with Crippen molar-refractivity contribution in [3.63, 3.8) is 0 Å². The smallest absolute Gasteiger partial charge is 0.360 e. The summed E-state index contributed by atoms with van der Waals surface area (Å²) in [5.74, 6) is -0.420. The number of hydrogen-bond acceptors (Lipinski definition) is 3. The summed E-state index contributed by atoms with van der Waals surface area (Å²) in [4.78, 5) is 16.6. The van der Waals surface area contributed by atoms with Gasteiger partial charge in [0.05, 0.1) is 23.3 Å². The summed E-state index contributed by atoms with van der Waals surface area (Å²) >= 11 is 0. The quantitative estimate of drug-likeness (QED) is 0.276. The molecule has 1 fully saturated rings. The summed E-state index contributed by atoms with van der Waals surface area (Å²) in [5.41, 5.74) is -1.64. The van der Waals surface area contributed by atoms with Gasteiger partial charge < -0.3 is 15.0 Å². The third kappa shape index (κ3) is 8.71. The lowest BCUT2D eigenvalue weighted by Crippen LogP contribution is -2.49. The van der Waals surface area contributed by atoms with Gasteiger partial charge in [0, 0.05) is 13.1 Å². The van der Waals surface area contributed by atoms with Gasteiger partial charge >= 0.3 is 18.4 Å². The molecule has 0 saturated carbocycles. The van der Waals surface area contributed by atoms with Crippen LogP contribution in [0.15, 0.2) is 36.4 Å². The average molecular weight is 600 g/mol. The Morgan fingerprint density at radius 2 is 1.68 bits per heavy atom. The molecule has 2 amide bonds. The van der Waals surface area contributed by atoms with Crippen molar-refractivity contribution < 1.29 is 40.3 Å². The second kappa shape index (κ2) is 13.4. The number of nitrogens with one attached hydrogen (secondary N) is 1. The van der Waals surface area contributed by atoms with Crippen LogP contribution in [0, 0.1) is 12.7 Å². The summed E-state index contributed by atoms with van der Waals surface area (Å²) in [5, 5.41) is 2.62. The van der Waals surface area contributed by atoms with Gasteiger partial charge in [0.2, 0.25) is 0 Å². The SMILES string of the molecule is Cc1cc(F)ccc1C1CC(OC(C)N(C)C)CCN1C(=O)NCCc1cc(C(F)(F)F)cc(C(F)(F)F)c1.Cl. The molecule has 13 heteroatoms. The average Bonchev–Trinajstić information content (AvgIpc) is 2.82. The van der Waals surface area contributed by atoms with Crippen LogP contribution in [-0.4, -0.2) is 55.3 Å². The van der Waals surface area contributed by atoms with E-state index >= 15 is 0 Å². The minimum absolute atomic E-state index is 0. The van der Waals surface area contributed by atoms with Crippen molar-refractivity contribution in [2.75, 3.05) is 27.2 Å². The standard InChI is InChI=1S/C27H32F7N3O2.ClH/c1-16-11-21(28)5-6-23(16)24-15-22(39-17(2)36(3)4)8-10-37(24)25(38)35-9-7-18-12-19(26(29,30)31)14-20(13-18)27(32,33)34;/h5-6,11-14,17,22,24H,7-10,15H2,1-4H3,(H,35,38);1H. The third-order valence-electron chi connectivity index (χ3n) is 6.86. The highest BCUT2D eigenvalue weighted by Crippen LogP contribution is 2.37. The molecule has 3 unspecified atom stereocenters. The van der Waals surface area contributed by atoms with E-state index < -0.39 is 41.4 Å². The Labute approximate surface area is 235 Å². The molecular weight excluding hydrogens is 567 g/mol. The van der Waals surface area contributed by atoms with Crippen molar-refractivity contribution >= 4 is 18.4 Å². The Bertz CT molecular complexity index is 1130. The first kappa shape index (κ1) is 33.6. The summed E-state index contributed by atoms with van der Waals surface area (Å²) in [7, 11) is 3.74. The van der Waals surface area contributed by atoms with Crippen LogP contribution in [0.4, 0.5) is 35.5 Å². The Kier molecular flexibility index (Phi) is 11.3. The zero-order chi connectivity index (χ0) is 29.1. The van der Waals surface area contributed by atoms with E-state index in [0.717, 1.165) is 5.56 Å². The molecule has 1 aliphatic heterocycles. The van der Waals surface area contributed by atoms with Crippen molar-refractivity contribution in [3.05, 3.63) is 70.0 Å². The van der Waals surface area contributed by atoms with E-state index in [-0.39, 0.29) is 49.3 Å². The lowest BCUT2D eigenvalue weighted by Gasteiger charge is -2.41. The van der Waals surface area contributed by atoms with Gasteiger partial charge in [0.1, 0.15) is 12.0 Å². The number of aryl methyl sites for hydroxylation is 1. The number of piperidine rings is 1. The van der Waals surface area contributed by atoms with Crippen LogP contribution < -0.4 is 5.32 Å². The second-order valence-electron chi connectivity index (χ2n) is 9.95. The van der Waals surface area contributed by atoms with E-state index in [2.05, 4.69) is 5.32 Å². The number of halogens is 8. The fourth-order valence-corrected chi connectivity index (χ4v) is 4.59. The van der Waals surface area contributed by atoms with E-state index in [1.165, 1.54) is 12.1 Å². The van der Waals surface area contributed by atoms with Crippen molar-refractivity contribution in [2.45, 2.75) is 63.8 Å². The van der Waals surface area contributed by atoms with E-state index in [9.17, 15) is 35.5 Å². The van der Waals surface area contributed by atoms with Crippen LogP contribution >= 0.6 is 12.4 Å². The van der Waals surface area contributed by atoms with Gasteiger partial charge in [-0.05, 0) is 94.2 Å². The molecule has 0 radical (unpaired) electrons. The number of benzene rings is 2. The van der Waals surface area contributed by atoms with Gasteiger partial charge in [0.15, 0.2) is 0 Å². The van der Waals surface area contributed by atoms with Crippen LogP contribution in [0.1, 0.15) is 53.6 Å². The molecule has 2 aromatic carbocycles. The zero-order valence-electron chi connectivity index (χ0n) is 22.5. The normalized spacial score (nSPS) is 18.9. The van der Waals surface area contributed by atoms with Gasteiger partial charge in [-0.25, -0.2) is 9.18 Å². The first-order chi connectivity index (χ1) is 18.1. The number of rotatable bonds is 7. The summed E-state index contributed by atoms with van der Waals surface area (Å²) in [6.07, 6.45) is -9.55. The lowest BCUT2D eigenvalue weighted by atomic mass is 9.90. The molecule has 1 saturated heterocycles. The highest BCUT2D eigenvalue weighted by atomic mass is 35.5. The monoisotopic (exact) mass is 599 g/mol. The maximum absolute atomic E-state index is 13.8. The number of likely N-dealkylation sites (tertiary alicyclic amines) is 1. The van der Waals surface area contributed by atoms with E-state index in [1.54, 1.807) is 17.9 Å². The Morgan fingerprint density at radius 3 is 2.20 bits per heavy atom. The molecular formula is C27H33ClF7N3O2. The molecule has 0 spiro atoms. The van der Waals surface area contributed by atoms with Gasteiger partial charge in [-0.3, -0.25) is 4.90 Å². The number of carbonyl (C=O) groups excluding carboxylic acids is 1. The molecule has 0 aliphatic carbocycles. The van der Waals surface area contributed by atoms with Gasteiger partial charge in [-0.1, -0.05) is 6.07 Å². The summed E-state index contributed by atoms with van der Waals surface area (Å²) < 4.78 is 98.9. The molecule has 0 bridgehead atoms. The maximum atomic E-state index is 13.8. The Hall–Kier alpha value is -2.57. The predicted molar refractivity (Wildman–Crippen MR) is 139 cm³/mol. The van der Waals surface area contributed by atoms with Gasteiger partial charge in [-0.15, -0.1) is 12.4 Å². The molecule has 5 nitrogen and oxygen atoms in total. The maximum Gasteiger partial charge on any atom is 0.416 e. The second-order valence-corrected chi connectivity index (χ2v) is 9.95. The van der Waals surface area contributed by atoms with Crippen LogP contribution in [-0.2, 0) is 23.5 Å². The first-order valence-corrected chi connectivity index (χ1v) is 12.5. The molecule has 0 aromatic heterocycles. The number of alkyl halides is 6. The molecule has 3 rings (SSSR count). The molecule has 40 heavy (non-hydrogen) atoms. The van der Waals surface area contributed by atoms with Crippen molar-refractivity contribution in [2.24, 2.45) is 0 Å². The Balaban J connectivity index is 0.00000560. The van der Waals surface area contributed by atoms with Crippen LogP contribution in [0.3, 0.4) is 0 Å². The molecule has 1 N–H and O–H groups in total. The van der Waals surface area contributed by atoms with Crippen molar-refractivity contribution in [1.29, 1.82) is 0 Å². The number of ether oxygens (including phenoxy) is 1. The summed E-state index contributed by atoms with van der Waals surface area (Å²) in [6, 6.07) is 4.66.